The first-order valence-corrected chi connectivity index (χ1v) is 34.5. The van der Waals surface area contributed by atoms with Gasteiger partial charge in [0.2, 0.25) is 0 Å². The number of aromatic nitrogens is 2. The van der Waals surface area contributed by atoms with Crippen molar-refractivity contribution in [1.82, 2.24) is 9.97 Å². The van der Waals surface area contributed by atoms with Gasteiger partial charge in [-0.3, -0.25) is 9.80 Å². The highest BCUT2D eigenvalue weighted by molar-refractivity contribution is 7.03. The van der Waals surface area contributed by atoms with Crippen LogP contribution in [0, 0.1) is 0 Å². The third-order valence-electron chi connectivity index (χ3n) is 20.6. The molecule has 476 valence electrons. The minimum absolute atomic E-state index is 0.278. The van der Waals surface area contributed by atoms with Crippen molar-refractivity contribution in [2.75, 3.05) is 24.5 Å². The maximum absolute atomic E-state index is 7.71. The number of rotatable bonds is 11. The van der Waals surface area contributed by atoms with E-state index in [1.165, 1.54) is 0 Å². The zero-order valence-electron chi connectivity index (χ0n) is 54.8. The van der Waals surface area contributed by atoms with Crippen LogP contribution in [-0.2, 0) is 0 Å². The molecular formula is C88H56B3N7O4. The fraction of sp³-hybridized carbons (Fsp3) is 0. The van der Waals surface area contributed by atoms with Crippen LogP contribution in [0.15, 0.2) is 340 Å². The van der Waals surface area contributed by atoms with Crippen LogP contribution in [0.25, 0.3) is 0 Å². The zero-order chi connectivity index (χ0) is 66.9. The summed E-state index contributed by atoms with van der Waals surface area (Å²) < 4.78 is 29.6. The molecule has 0 aliphatic carbocycles. The van der Waals surface area contributed by atoms with Gasteiger partial charge in [-0.05, 0) is 171 Å². The number of fused-ring (bicyclic) bond motifs is 12. The first kappa shape index (κ1) is 57.6. The molecule has 0 amide bonds. The summed E-state index contributed by atoms with van der Waals surface area (Å²) in [6, 6.07) is 115. The van der Waals surface area contributed by atoms with E-state index < -0.39 is 6.71 Å². The Morgan fingerprint density at radius 2 is 0.520 bits per heavy atom. The van der Waals surface area contributed by atoms with Crippen LogP contribution < -0.4 is 92.6 Å². The largest absolute Gasteiger partial charge is 0.458 e. The molecule has 0 radical (unpaired) electrons. The van der Waals surface area contributed by atoms with E-state index in [-0.39, 0.29) is 13.4 Å². The molecule has 14 heteroatoms. The molecule has 0 atom stereocenters. The first-order chi connectivity index (χ1) is 50.6. The van der Waals surface area contributed by atoms with Gasteiger partial charge in [0.05, 0.1) is 17.1 Å². The van der Waals surface area contributed by atoms with Crippen molar-refractivity contribution < 1.29 is 18.9 Å². The Morgan fingerprint density at radius 3 is 0.892 bits per heavy atom. The molecule has 15 aromatic rings. The number of anilines is 15. The maximum Gasteiger partial charge on any atom is 0.260 e. The average molecular weight is 1310 g/mol. The number of ether oxygens (including phenoxy) is 4. The van der Waals surface area contributed by atoms with Crippen molar-refractivity contribution in [3.8, 4) is 46.0 Å². The smallest absolute Gasteiger partial charge is 0.260 e. The summed E-state index contributed by atoms with van der Waals surface area (Å²) in [5.74, 6) is 7.42. The summed E-state index contributed by atoms with van der Waals surface area (Å²) in [5, 5.41) is 0. The number of nitrogens with zero attached hydrogens (tertiary/aromatic N) is 7. The van der Waals surface area contributed by atoms with Gasteiger partial charge in [-0.1, -0.05) is 170 Å². The normalized spacial score (nSPS) is 13.1. The number of benzene rings is 13. The van der Waals surface area contributed by atoms with E-state index in [2.05, 4.69) is 328 Å². The highest BCUT2D eigenvalue weighted by Crippen LogP contribution is 2.51. The topological polar surface area (TPSA) is 78.9 Å². The van der Waals surface area contributed by atoms with E-state index in [4.69, 9.17) is 28.9 Å². The fourth-order valence-electron chi connectivity index (χ4n) is 16.5. The minimum atomic E-state index is -0.407. The molecule has 21 rings (SSSR count). The molecule has 6 aliphatic heterocycles. The van der Waals surface area contributed by atoms with Crippen LogP contribution in [0.3, 0.4) is 0 Å². The van der Waals surface area contributed by atoms with Crippen molar-refractivity contribution in [1.29, 1.82) is 0 Å². The molecule has 6 aliphatic rings. The second-order valence-corrected chi connectivity index (χ2v) is 26.4. The second-order valence-electron chi connectivity index (χ2n) is 26.4. The van der Waals surface area contributed by atoms with Crippen LogP contribution in [0.2, 0.25) is 0 Å². The van der Waals surface area contributed by atoms with Crippen LogP contribution in [0.1, 0.15) is 0 Å². The lowest BCUT2D eigenvalue weighted by molar-refractivity contribution is 0.456. The predicted octanol–water partition coefficient (Wildman–Crippen LogP) is 16.4. The van der Waals surface area contributed by atoms with Gasteiger partial charge in [-0.25, -0.2) is 9.97 Å². The Balaban J connectivity index is 0.833. The molecule has 0 saturated heterocycles. The summed E-state index contributed by atoms with van der Waals surface area (Å²) in [6.45, 7) is -0.973. The van der Waals surface area contributed by atoms with Crippen molar-refractivity contribution in [2.24, 2.45) is 0 Å². The molecule has 2 aromatic heterocycles. The molecule has 0 saturated carbocycles. The Kier molecular flexibility index (Phi) is 13.0. The zero-order valence-corrected chi connectivity index (χ0v) is 54.8. The molecule has 0 unspecified atom stereocenters. The summed E-state index contributed by atoms with van der Waals surface area (Å²) in [7, 11) is 0. The summed E-state index contributed by atoms with van der Waals surface area (Å²) in [6.07, 6.45) is 3.77. The Morgan fingerprint density at radius 1 is 0.216 bits per heavy atom. The quantitative estimate of drug-likeness (QED) is 0.116. The standard InChI is InChI=1S/C88H56B3N7O4/c1-7-27-57(28-8-1)94(58-29-9-2-10-30-58)63-47-74-86-80(49-63)99-76-41-21-19-39-66(76)89(86)68-53-69-73(55-72(68)97(74)84-43-23-25-45-92-84)98(85-44-24-26-46-93-85)75-48-64(95(59-31-11-3-12-32-59)60-33-13-4-14-34-60)50-81-87(75)91(69)71-54-70-78(56-79(71)101-81)102-83-52-65(51-82-88(83)90(70)67-40-20-22-42-77(67)100-82)96(61-35-15-5-16-36-61)62-37-17-6-18-38-62/h1-56H. The highest BCUT2D eigenvalue weighted by Gasteiger charge is 2.50. The summed E-state index contributed by atoms with van der Waals surface area (Å²) in [5.41, 5.74) is 21.9. The van der Waals surface area contributed by atoms with Gasteiger partial charge in [0.1, 0.15) is 57.6 Å². The van der Waals surface area contributed by atoms with Gasteiger partial charge >= 0.3 is 0 Å². The molecular weight excluding hydrogens is 1250 g/mol. The molecule has 0 spiro atoms. The maximum atomic E-state index is 7.71. The molecule has 0 bridgehead atoms. The lowest BCUT2D eigenvalue weighted by Crippen LogP contribution is -2.65. The number of hydrogen-bond acceptors (Lipinski definition) is 11. The van der Waals surface area contributed by atoms with Crippen LogP contribution in [0.5, 0.6) is 46.0 Å². The third-order valence-corrected chi connectivity index (χ3v) is 20.6. The van der Waals surface area contributed by atoms with E-state index in [0.717, 1.165) is 158 Å². The Bertz CT molecular complexity index is 5720. The second kappa shape index (κ2) is 23.1. The lowest BCUT2D eigenvalue weighted by atomic mass is 9.29. The molecule has 13 aromatic carbocycles. The van der Waals surface area contributed by atoms with Crippen molar-refractivity contribution in [3.05, 3.63) is 340 Å². The van der Waals surface area contributed by atoms with Crippen molar-refractivity contribution >= 4 is 155 Å². The van der Waals surface area contributed by atoms with Gasteiger partial charge in [-0.15, -0.1) is 0 Å². The fourth-order valence-corrected chi connectivity index (χ4v) is 16.5. The number of para-hydroxylation sites is 8. The summed E-state index contributed by atoms with van der Waals surface area (Å²) >= 11 is 0. The van der Waals surface area contributed by atoms with Crippen LogP contribution >= 0.6 is 0 Å². The molecule has 102 heavy (non-hydrogen) atoms. The van der Waals surface area contributed by atoms with Gasteiger partial charge in [-0.2, -0.15) is 0 Å². The van der Waals surface area contributed by atoms with Crippen molar-refractivity contribution in [2.45, 2.75) is 0 Å². The highest BCUT2D eigenvalue weighted by atomic mass is 16.5. The van der Waals surface area contributed by atoms with Crippen LogP contribution in [-0.4, -0.2) is 30.1 Å². The van der Waals surface area contributed by atoms with E-state index >= 15 is 0 Å². The van der Waals surface area contributed by atoms with E-state index in [9.17, 15) is 0 Å². The number of hydrogen-bond donors (Lipinski definition) is 0. The minimum Gasteiger partial charge on any atom is -0.458 e. The third kappa shape index (κ3) is 9.05. The number of pyridine rings is 2. The molecule has 8 heterocycles. The van der Waals surface area contributed by atoms with Gasteiger partial charge < -0.3 is 33.6 Å². The Hall–Kier alpha value is -13.4. The van der Waals surface area contributed by atoms with Crippen LogP contribution in [0.4, 0.5) is 85.6 Å². The van der Waals surface area contributed by atoms with Gasteiger partial charge in [0, 0.05) is 105 Å². The SMILES string of the molecule is c1ccc(N(c2ccccc2)c2cc3c4c(c2)Oc2cc5c(cc2B4c2ccccc2O3)B2c3cc4c(cc3N(c3ccccn3)c3cc(N(c6ccccc6)c6ccccc6)cc(c32)O5)N(c2ccccn2)c2cc(N(c3ccccc3)c3ccccc3)cc3c2B4c2ccccc2O3)cc1. The summed E-state index contributed by atoms with van der Waals surface area (Å²) in [4.78, 5) is 22.2. The first-order valence-electron chi connectivity index (χ1n) is 34.5. The Labute approximate surface area is 590 Å². The predicted molar refractivity (Wildman–Crippen MR) is 415 cm³/mol. The molecule has 0 fully saturated rings. The van der Waals surface area contributed by atoms with Gasteiger partial charge in [0.15, 0.2) is 0 Å². The van der Waals surface area contributed by atoms with Gasteiger partial charge in [0.25, 0.3) is 20.1 Å². The van der Waals surface area contributed by atoms with E-state index in [0.29, 0.717) is 23.0 Å². The van der Waals surface area contributed by atoms with Crippen molar-refractivity contribution in [3.63, 3.8) is 0 Å². The molecule has 0 N–H and O–H groups in total. The molecule has 11 nitrogen and oxygen atoms in total. The lowest BCUT2D eigenvalue weighted by Gasteiger charge is -2.44. The average Bonchev–Trinajstić information content (AvgIpc) is 0.687. The van der Waals surface area contributed by atoms with E-state index in [1.54, 1.807) is 0 Å². The van der Waals surface area contributed by atoms with E-state index in [1.807, 2.05) is 36.7 Å². The monoisotopic (exact) mass is 1310 g/mol.